The van der Waals surface area contributed by atoms with Crippen LogP contribution in [0.1, 0.15) is 12.8 Å². The van der Waals surface area contributed by atoms with Gasteiger partial charge in [-0.25, -0.2) is 9.67 Å². The van der Waals surface area contributed by atoms with Crippen molar-refractivity contribution in [3.63, 3.8) is 0 Å². The van der Waals surface area contributed by atoms with Crippen LogP contribution in [0.15, 0.2) is 36.9 Å². The number of amides is 1. The van der Waals surface area contributed by atoms with E-state index in [1.807, 2.05) is 24.3 Å². The van der Waals surface area contributed by atoms with Crippen LogP contribution in [0.25, 0.3) is 5.69 Å². The van der Waals surface area contributed by atoms with Crippen molar-refractivity contribution in [2.24, 2.45) is 5.92 Å². The van der Waals surface area contributed by atoms with Crippen LogP contribution >= 0.6 is 0 Å². The first-order valence-electron chi connectivity index (χ1n) is 6.67. The van der Waals surface area contributed by atoms with Crippen LogP contribution in [0.5, 0.6) is 0 Å². The zero-order chi connectivity index (χ0) is 13.8. The number of aromatic nitrogens is 3. The Morgan fingerprint density at radius 2 is 2.10 bits per heavy atom. The number of nitrogens with one attached hydrogen (secondary N) is 1. The largest absolute Gasteiger partial charge is 0.381 e. The molecule has 1 N–H and O–H groups in total. The minimum Gasteiger partial charge on any atom is -0.381 e. The average molecular weight is 272 g/mol. The predicted molar refractivity (Wildman–Crippen MR) is 73.5 cm³/mol. The third-order valence-corrected chi connectivity index (χ3v) is 3.42. The minimum atomic E-state index is 0.0209. The highest BCUT2D eigenvalue weighted by Gasteiger charge is 2.22. The summed E-state index contributed by atoms with van der Waals surface area (Å²) in [6.07, 6.45) is 4.63. The molecule has 0 radical (unpaired) electrons. The standard InChI is InChI=1S/C14H16N4O2/c19-14(11-5-7-20-8-6-11)17-12-3-1-2-4-13(12)18-10-15-9-16-18/h1-4,9-11H,5-8H2,(H,17,19). The molecule has 2 aromatic rings. The van der Waals surface area contributed by atoms with Crippen molar-refractivity contribution in [1.29, 1.82) is 0 Å². The summed E-state index contributed by atoms with van der Waals surface area (Å²) in [5.74, 6) is 0.0633. The van der Waals surface area contributed by atoms with E-state index in [0.717, 1.165) is 24.2 Å². The van der Waals surface area contributed by atoms with Crippen LogP contribution in [0, 0.1) is 5.92 Å². The molecule has 1 aliphatic rings. The Bertz CT molecular complexity index is 577. The summed E-state index contributed by atoms with van der Waals surface area (Å²) in [6, 6.07) is 7.56. The van der Waals surface area contributed by atoms with Crippen molar-refractivity contribution in [3.8, 4) is 5.69 Å². The van der Waals surface area contributed by atoms with Gasteiger partial charge in [-0.1, -0.05) is 12.1 Å². The van der Waals surface area contributed by atoms with Gasteiger partial charge in [-0.05, 0) is 25.0 Å². The first-order valence-corrected chi connectivity index (χ1v) is 6.67. The number of carbonyl (C=O) groups is 1. The Morgan fingerprint density at radius 1 is 1.30 bits per heavy atom. The zero-order valence-electron chi connectivity index (χ0n) is 11.0. The van der Waals surface area contributed by atoms with E-state index in [9.17, 15) is 4.79 Å². The fourth-order valence-electron chi connectivity index (χ4n) is 2.31. The van der Waals surface area contributed by atoms with Gasteiger partial charge in [0.05, 0.1) is 11.4 Å². The maximum absolute atomic E-state index is 12.3. The second kappa shape index (κ2) is 5.83. The predicted octanol–water partition coefficient (Wildman–Crippen LogP) is 1.63. The van der Waals surface area contributed by atoms with E-state index in [2.05, 4.69) is 15.4 Å². The molecule has 6 heteroatoms. The van der Waals surface area contributed by atoms with E-state index in [1.165, 1.54) is 6.33 Å². The van der Waals surface area contributed by atoms with Gasteiger partial charge in [0.1, 0.15) is 12.7 Å². The van der Waals surface area contributed by atoms with Gasteiger partial charge in [0, 0.05) is 19.1 Å². The van der Waals surface area contributed by atoms with Crippen molar-refractivity contribution in [2.75, 3.05) is 18.5 Å². The topological polar surface area (TPSA) is 69.0 Å². The molecule has 0 spiro atoms. The maximum Gasteiger partial charge on any atom is 0.227 e. The van der Waals surface area contributed by atoms with Gasteiger partial charge in [0.2, 0.25) is 5.91 Å². The second-order valence-corrected chi connectivity index (χ2v) is 4.73. The molecule has 0 aliphatic carbocycles. The number of hydrogen-bond donors (Lipinski definition) is 1. The van der Waals surface area contributed by atoms with Crippen molar-refractivity contribution in [3.05, 3.63) is 36.9 Å². The number of carbonyl (C=O) groups excluding carboxylic acids is 1. The van der Waals surface area contributed by atoms with Gasteiger partial charge >= 0.3 is 0 Å². The van der Waals surface area contributed by atoms with E-state index in [-0.39, 0.29) is 11.8 Å². The lowest BCUT2D eigenvalue weighted by molar-refractivity contribution is -0.122. The summed E-state index contributed by atoms with van der Waals surface area (Å²) in [5, 5.41) is 7.09. The van der Waals surface area contributed by atoms with Crippen LogP contribution in [0.3, 0.4) is 0 Å². The third-order valence-electron chi connectivity index (χ3n) is 3.42. The smallest absolute Gasteiger partial charge is 0.227 e. The van der Waals surface area contributed by atoms with Crippen molar-refractivity contribution in [1.82, 2.24) is 14.8 Å². The molecule has 0 bridgehead atoms. The first-order chi connectivity index (χ1) is 9.84. The highest BCUT2D eigenvalue weighted by Crippen LogP contribution is 2.22. The van der Waals surface area contributed by atoms with Crippen molar-refractivity contribution < 1.29 is 9.53 Å². The highest BCUT2D eigenvalue weighted by atomic mass is 16.5. The van der Waals surface area contributed by atoms with E-state index >= 15 is 0 Å². The minimum absolute atomic E-state index is 0.0209. The monoisotopic (exact) mass is 272 g/mol. The Kier molecular flexibility index (Phi) is 3.73. The average Bonchev–Trinajstić information content (AvgIpc) is 3.03. The molecule has 3 rings (SSSR count). The van der Waals surface area contributed by atoms with Crippen LogP contribution in [-0.2, 0) is 9.53 Å². The number of anilines is 1. The number of nitrogens with zero attached hydrogens (tertiary/aromatic N) is 3. The lowest BCUT2D eigenvalue weighted by atomic mass is 9.99. The number of rotatable bonds is 3. The van der Waals surface area contributed by atoms with Crippen LogP contribution in [-0.4, -0.2) is 33.9 Å². The van der Waals surface area contributed by atoms with Crippen molar-refractivity contribution in [2.45, 2.75) is 12.8 Å². The number of para-hydroxylation sites is 2. The normalized spacial score (nSPS) is 16.0. The zero-order valence-corrected chi connectivity index (χ0v) is 11.0. The lowest BCUT2D eigenvalue weighted by Gasteiger charge is -2.21. The molecule has 6 nitrogen and oxygen atoms in total. The Hall–Kier alpha value is -2.21. The number of ether oxygens (including phenoxy) is 1. The molecule has 104 valence electrons. The van der Waals surface area contributed by atoms with E-state index in [1.54, 1.807) is 11.0 Å². The molecule has 1 aromatic carbocycles. The fourth-order valence-corrected chi connectivity index (χ4v) is 2.31. The number of benzene rings is 1. The highest BCUT2D eigenvalue weighted by molar-refractivity contribution is 5.94. The molecule has 2 heterocycles. The molecule has 1 amide bonds. The SMILES string of the molecule is O=C(Nc1ccccc1-n1cncn1)C1CCOCC1. The molecule has 1 saturated heterocycles. The van der Waals surface area contributed by atoms with Gasteiger partial charge in [-0.3, -0.25) is 4.79 Å². The molecule has 1 aliphatic heterocycles. The van der Waals surface area contributed by atoms with Gasteiger partial charge in [0.15, 0.2) is 0 Å². The Balaban J connectivity index is 1.79. The van der Waals surface area contributed by atoms with Crippen molar-refractivity contribution >= 4 is 11.6 Å². The van der Waals surface area contributed by atoms with Gasteiger partial charge in [-0.2, -0.15) is 5.10 Å². The van der Waals surface area contributed by atoms with Gasteiger partial charge < -0.3 is 10.1 Å². The van der Waals surface area contributed by atoms with Gasteiger partial charge in [-0.15, -0.1) is 0 Å². The number of hydrogen-bond acceptors (Lipinski definition) is 4. The molecule has 0 atom stereocenters. The Morgan fingerprint density at radius 3 is 2.85 bits per heavy atom. The second-order valence-electron chi connectivity index (χ2n) is 4.73. The summed E-state index contributed by atoms with van der Waals surface area (Å²) < 4.78 is 6.92. The molecule has 0 saturated carbocycles. The van der Waals surface area contributed by atoms with E-state index < -0.39 is 0 Å². The lowest BCUT2D eigenvalue weighted by Crippen LogP contribution is -2.28. The van der Waals surface area contributed by atoms with Gasteiger partial charge in [0.25, 0.3) is 0 Å². The molecule has 20 heavy (non-hydrogen) atoms. The fraction of sp³-hybridized carbons (Fsp3) is 0.357. The van der Waals surface area contributed by atoms with Crippen LogP contribution in [0.4, 0.5) is 5.69 Å². The molecular weight excluding hydrogens is 256 g/mol. The summed E-state index contributed by atoms with van der Waals surface area (Å²) in [6.45, 7) is 1.31. The van der Waals surface area contributed by atoms with Crippen LogP contribution < -0.4 is 5.32 Å². The van der Waals surface area contributed by atoms with E-state index in [0.29, 0.717) is 13.2 Å². The Labute approximate surface area is 116 Å². The summed E-state index contributed by atoms with van der Waals surface area (Å²) in [4.78, 5) is 16.2. The third kappa shape index (κ3) is 2.70. The maximum atomic E-state index is 12.3. The first kappa shape index (κ1) is 12.8. The molecule has 1 aromatic heterocycles. The summed E-state index contributed by atoms with van der Waals surface area (Å²) in [7, 11) is 0. The molecular formula is C14H16N4O2. The quantitative estimate of drug-likeness (QED) is 0.922. The molecule has 0 unspecified atom stereocenters. The van der Waals surface area contributed by atoms with E-state index in [4.69, 9.17) is 4.74 Å². The van der Waals surface area contributed by atoms with Crippen LogP contribution in [0.2, 0.25) is 0 Å². The summed E-state index contributed by atoms with van der Waals surface area (Å²) in [5.41, 5.74) is 1.56. The summed E-state index contributed by atoms with van der Waals surface area (Å²) >= 11 is 0. The molecule has 1 fully saturated rings.